The fraction of sp³-hybridized carbons (Fsp3) is 0.200. The minimum absolute atomic E-state index is 0.0643. The largest absolute Gasteiger partial charge is 0.435 e. The summed E-state index contributed by atoms with van der Waals surface area (Å²) in [4.78, 5) is 24.1. The van der Waals surface area contributed by atoms with Crippen molar-refractivity contribution in [2.75, 3.05) is 0 Å². The Labute approximate surface area is 129 Å². The molecule has 116 valence electrons. The van der Waals surface area contributed by atoms with Crippen LogP contribution in [0.15, 0.2) is 36.4 Å². The van der Waals surface area contributed by atoms with E-state index in [4.69, 9.17) is 0 Å². The molecule has 2 rings (SSSR count). The molecule has 0 aliphatic carbocycles. The number of nitrogens with one attached hydrogen (secondary N) is 1. The first-order valence-electron chi connectivity index (χ1n) is 6.38. The van der Waals surface area contributed by atoms with Crippen molar-refractivity contribution in [3.8, 4) is 5.75 Å². The van der Waals surface area contributed by atoms with Gasteiger partial charge in [-0.25, -0.2) is 0 Å². The van der Waals surface area contributed by atoms with E-state index in [1.54, 1.807) is 24.3 Å². The van der Waals surface area contributed by atoms with E-state index in [1.807, 2.05) is 0 Å². The van der Waals surface area contributed by atoms with Gasteiger partial charge in [0, 0.05) is 6.54 Å². The number of thiophene rings is 1. The Bertz CT molecular complexity index is 668. The summed E-state index contributed by atoms with van der Waals surface area (Å²) in [7, 11) is 0. The Morgan fingerprint density at radius 1 is 1.14 bits per heavy atom. The summed E-state index contributed by atoms with van der Waals surface area (Å²) >= 11 is 1.13. The van der Waals surface area contributed by atoms with Crippen LogP contribution in [0.1, 0.15) is 31.8 Å². The Hall–Kier alpha value is -2.28. The van der Waals surface area contributed by atoms with Gasteiger partial charge in [0.05, 0.1) is 9.75 Å². The van der Waals surface area contributed by atoms with Crippen molar-refractivity contribution in [3.63, 3.8) is 0 Å². The second kappa shape index (κ2) is 7.13. The van der Waals surface area contributed by atoms with E-state index in [-0.39, 0.29) is 24.0 Å². The summed E-state index contributed by atoms with van der Waals surface area (Å²) in [5.74, 6) is -0.307. The van der Waals surface area contributed by atoms with E-state index in [0.29, 0.717) is 9.75 Å². The molecule has 7 heteroatoms. The van der Waals surface area contributed by atoms with Crippen LogP contribution in [0.25, 0.3) is 0 Å². The summed E-state index contributed by atoms with van der Waals surface area (Å²) < 4.78 is 28.3. The summed E-state index contributed by atoms with van der Waals surface area (Å²) in [6.07, 6.45) is 0. The van der Waals surface area contributed by atoms with Crippen LogP contribution in [0.3, 0.4) is 0 Å². The van der Waals surface area contributed by atoms with E-state index in [2.05, 4.69) is 10.1 Å². The average Bonchev–Trinajstić information content (AvgIpc) is 2.96. The molecule has 0 bridgehead atoms. The number of hydrogen-bond donors (Lipinski definition) is 1. The van der Waals surface area contributed by atoms with Gasteiger partial charge in [-0.3, -0.25) is 9.59 Å². The number of benzene rings is 1. The number of rotatable bonds is 6. The molecule has 0 radical (unpaired) electrons. The van der Waals surface area contributed by atoms with E-state index in [0.717, 1.165) is 16.9 Å². The van der Waals surface area contributed by atoms with Gasteiger partial charge in [0.1, 0.15) is 5.75 Å². The molecule has 0 aliphatic rings. The highest BCUT2D eigenvalue weighted by molar-refractivity contribution is 7.15. The molecule has 0 unspecified atom stereocenters. The molecule has 1 heterocycles. The third-order valence-electron chi connectivity index (χ3n) is 2.78. The molecule has 0 spiro atoms. The van der Waals surface area contributed by atoms with Crippen LogP contribution in [-0.4, -0.2) is 18.3 Å². The molecule has 1 aromatic heterocycles. The minimum atomic E-state index is -2.86. The van der Waals surface area contributed by atoms with E-state index >= 15 is 0 Å². The van der Waals surface area contributed by atoms with E-state index < -0.39 is 6.61 Å². The normalized spacial score (nSPS) is 10.5. The zero-order chi connectivity index (χ0) is 16.1. The lowest BCUT2D eigenvalue weighted by atomic mass is 10.2. The standard InChI is InChI=1S/C15H13F2NO3S/c1-9(19)12-6-7-13(22-12)14(20)18-8-10-2-4-11(5-3-10)21-15(16)17/h2-7,15H,8H2,1H3,(H,18,20). The van der Waals surface area contributed by atoms with Crippen molar-refractivity contribution in [3.05, 3.63) is 51.7 Å². The fourth-order valence-corrected chi connectivity index (χ4v) is 2.53. The number of alkyl halides is 2. The number of carbonyl (C=O) groups is 2. The van der Waals surface area contributed by atoms with Gasteiger partial charge >= 0.3 is 6.61 Å². The topological polar surface area (TPSA) is 55.4 Å². The molecule has 0 atom stereocenters. The number of carbonyl (C=O) groups excluding carboxylic acids is 2. The van der Waals surface area contributed by atoms with Crippen LogP contribution in [0, 0.1) is 0 Å². The van der Waals surface area contributed by atoms with Crippen LogP contribution in [0.5, 0.6) is 5.75 Å². The lowest BCUT2D eigenvalue weighted by molar-refractivity contribution is -0.0498. The molecular formula is C15H13F2NO3S. The van der Waals surface area contributed by atoms with Crippen molar-refractivity contribution in [2.45, 2.75) is 20.1 Å². The molecule has 22 heavy (non-hydrogen) atoms. The SMILES string of the molecule is CC(=O)c1ccc(C(=O)NCc2ccc(OC(F)F)cc2)s1. The Morgan fingerprint density at radius 3 is 2.32 bits per heavy atom. The predicted molar refractivity (Wildman–Crippen MR) is 78.6 cm³/mol. The molecule has 1 aromatic carbocycles. The second-order valence-electron chi connectivity index (χ2n) is 4.43. The number of hydrogen-bond acceptors (Lipinski definition) is 4. The van der Waals surface area contributed by atoms with Crippen LogP contribution in [0.2, 0.25) is 0 Å². The highest BCUT2D eigenvalue weighted by Crippen LogP contribution is 2.18. The summed E-state index contributed by atoms with van der Waals surface area (Å²) in [6, 6.07) is 9.20. The zero-order valence-electron chi connectivity index (χ0n) is 11.6. The number of ketones is 1. The molecule has 0 aliphatic heterocycles. The molecule has 0 saturated heterocycles. The van der Waals surface area contributed by atoms with Crippen molar-refractivity contribution in [1.82, 2.24) is 5.32 Å². The lowest BCUT2D eigenvalue weighted by Crippen LogP contribution is -2.21. The summed E-state index contributed by atoms with van der Waals surface area (Å²) in [5.41, 5.74) is 0.748. The second-order valence-corrected chi connectivity index (χ2v) is 5.51. The van der Waals surface area contributed by atoms with Crippen molar-refractivity contribution < 1.29 is 23.1 Å². The number of halogens is 2. The summed E-state index contributed by atoms with van der Waals surface area (Å²) in [6.45, 7) is -1.17. The van der Waals surface area contributed by atoms with E-state index in [1.165, 1.54) is 19.1 Å². The molecule has 0 saturated carbocycles. The summed E-state index contributed by atoms with van der Waals surface area (Å²) in [5, 5.41) is 2.70. The molecule has 0 fully saturated rings. The minimum Gasteiger partial charge on any atom is -0.435 e. The third-order valence-corrected chi connectivity index (χ3v) is 3.96. The monoisotopic (exact) mass is 325 g/mol. The number of Topliss-reactive ketones (excluding diaryl/α,β-unsaturated/α-hetero) is 1. The first-order valence-corrected chi connectivity index (χ1v) is 7.20. The van der Waals surface area contributed by atoms with Gasteiger partial charge in [-0.15, -0.1) is 11.3 Å². The predicted octanol–water partition coefficient (Wildman–Crippen LogP) is 3.48. The maximum atomic E-state index is 12.0. The zero-order valence-corrected chi connectivity index (χ0v) is 12.5. The molecule has 1 N–H and O–H groups in total. The van der Waals surface area contributed by atoms with Crippen LogP contribution >= 0.6 is 11.3 Å². The molecule has 1 amide bonds. The van der Waals surface area contributed by atoms with Crippen molar-refractivity contribution >= 4 is 23.0 Å². The average molecular weight is 325 g/mol. The fourth-order valence-electron chi connectivity index (χ4n) is 1.71. The highest BCUT2D eigenvalue weighted by atomic mass is 32.1. The Morgan fingerprint density at radius 2 is 1.77 bits per heavy atom. The van der Waals surface area contributed by atoms with Gasteiger partial charge in [0.15, 0.2) is 5.78 Å². The van der Waals surface area contributed by atoms with Gasteiger partial charge < -0.3 is 10.1 Å². The first kappa shape index (κ1) is 16.1. The lowest BCUT2D eigenvalue weighted by Gasteiger charge is -2.06. The van der Waals surface area contributed by atoms with E-state index in [9.17, 15) is 18.4 Å². The smallest absolute Gasteiger partial charge is 0.387 e. The van der Waals surface area contributed by atoms with Gasteiger partial charge in [-0.05, 0) is 36.8 Å². The number of amides is 1. The Kier molecular flexibility index (Phi) is 5.21. The Balaban J connectivity index is 1.91. The quantitative estimate of drug-likeness (QED) is 0.827. The van der Waals surface area contributed by atoms with Crippen molar-refractivity contribution in [2.24, 2.45) is 0 Å². The van der Waals surface area contributed by atoms with Gasteiger partial charge in [-0.1, -0.05) is 12.1 Å². The third kappa shape index (κ3) is 4.36. The molecule has 2 aromatic rings. The van der Waals surface area contributed by atoms with Crippen LogP contribution in [0.4, 0.5) is 8.78 Å². The molecule has 4 nitrogen and oxygen atoms in total. The van der Waals surface area contributed by atoms with Crippen LogP contribution < -0.4 is 10.1 Å². The molecular weight excluding hydrogens is 312 g/mol. The maximum absolute atomic E-state index is 12.0. The first-order chi connectivity index (χ1) is 10.5. The van der Waals surface area contributed by atoms with Crippen molar-refractivity contribution in [1.29, 1.82) is 0 Å². The van der Waals surface area contributed by atoms with Gasteiger partial charge in [0.25, 0.3) is 5.91 Å². The highest BCUT2D eigenvalue weighted by Gasteiger charge is 2.11. The van der Waals surface area contributed by atoms with Crippen LogP contribution in [-0.2, 0) is 6.54 Å². The maximum Gasteiger partial charge on any atom is 0.387 e. The van der Waals surface area contributed by atoms with Gasteiger partial charge in [0.2, 0.25) is 0 Å². The number of ether oxygens (including phenoxy) is 1. The van der Waals surface area contributed by atoms with Gasteiger partial charge in [-0.2, -0.15) is 8.78 Å².